The van der Waals surface area contributed by atoms with Crippen molar-refractivity contribution in [3.63, 3.8) is 0 Å². The summed E-state index contributed by atoms with van der Waals surface area (Å²) in [5.41, 5.74) is 8.43. The van der Waals surface area contributed by atoms with Crippen LogP contribution < -0.4 is 10.5 Å². The van der Waals surface area contributed by atoms with Crippen LogP contribution in [0.2, 0.25) is 0 Å². The summed E-state index contributed by atoms with van der Waals surface area (Å²) in [6.45, 7) is 8.40. The zero-order valence-corrected chi connectivity index (χ0v) is 11.3. The second kappa shape index (κ2) is 4.02. The molecule has 0 radical (unpaired) electrons. The van der Waals surface area contributed by atoms with Crippen molar-refractivity contribution in [2.24, 2.45) is 5.73 Å². The molecule has 2 rings (SSSR count). The number of benzene rings is 1. The minimum Gasteiger partial charge on any atom is -0.488 e. The van der Waals surface area contributed by atoms with E-state index >= 15 is 0 Å². The summed E-state index contributed by atoms with van der Waals surface area (Å²) in [4.78, 5) is 0. The van der Waals surface area contributed by atoms with Gasteiger partial charge in [0.05, 0.1) is 0 Å². The molecule has 0 spiro atoms. The molecule has 0 aromatic heterocycles. The van der Waals surface area contributed by atoms with Gasteiger partial charge in [-0.05, 0) is 64.2 Å². The molecule has 17 heavy (non-hydrogen) atoms. The van der Waals surface area contributed by atoms with Crippen molar-refractivity contribution in [2.45, 2.75) is 58.1 Å². The van der Waals surface area contributed by atoms with E-state index in [1.54, 1.807) is 0 Å². The van der Waals surface area contributed by atoms with Gasteiger partial charge in [-0.15, -0.1) is 0 Å². The molecule has 2 nitrogen and oxygen atoms in total. The smallest absolute Gasteiger partial charge is 0.123 e. The van der Waals surface area contributed by atoms with Gasteiger partial charge in [0.25, 0.3) is 0 Å². The predicted octanol–water partition coefficient (Wildman–Crippen LogP) is 3.07. The lowest BCUT2D eigenvalue weighted by Gasteiger charge is -2.33. The summed E-state index contributed by atoms with van der Waals surface area (Å²) in [6.07, 6.45) is 3.07. The highest BCUT2D eigenvalue weighted by molar-refractivity contribution is 5.40. The highest BCUT2D eigenvalue weighted by atomic mass is 16.5. The van der Waals surface area contributed by atoms with Crippen molar-refractivity contribution >= 4 is 0 Å². The lowest BCUT2D eigenvalue weighted by molar-refractivity contribution is 0.0846. The van der Waals surface area contributed by atoms with Gasteiger partial charge in [0.1, 0.15) is 11.4 Å². The van der Waals surface area contributed by atoms with Gasteiger partial charge in [0.15, 0.2) is 0 Å². The molecule has 1 heterocycles. The minimum atomic E-state index is -0.168. The summed E-state index contributed by atoms with van der Waals surface area (Å²) in [5, 5.41) is 0. The molecular weight excluding hydrogens is 210 g/mol. The zero-order valence-electron chi connectivity index (χ0n) is 11.3. The third-order valence-corrected chi connectivity index (χ3v) is 3.17. The fourth-order valence-electron chi connectivity index (χ4n) is 2.32. The van der Waals surface area contributed by atoms with E-state index in [9.17, 15) is 0 Å². The third-order valence-electron chi connectivity index (χ3n) is 3.17. The Balaban J connectivity index is 2.24. The van der Waals surface area contributed by atoms with Gasteiger partial charge in [-0.2, -0.15) is 0 Å². The maximum Gasteiger partial charge on any atom is 0.123 e. The summed E-state index contributed by atoms with van der Waals surface area (Å²) in [7, 11) is 0. The second-order valence-electron chi connectivity index (χ2n) is 6.47. The number of fused-ring (bicyclic) bond motifs is 1. The van der Waals surface area contributed by atoms with Crippen LogP contribution in [-0.4, -0.2) is 11.1 Å². The molecular formula is C15H23NO. The molecule has 1 aliphatic rings. The Bertz CT molecular complexity index is 415. The van der Waals surface area contributed by atoms with Crippen LogP contribution in [0.1, 0.15) is 45.2 Å². The second-order valence-corrected chi connectivity index (χ2v) is 6.47. The van der Waals surface area contributed by atoms with Gasteiger partial charge in [0.2, 0.25) is 0 Å². The van der Waals surface area contributed by atoms with Gasteiger partial charge in [-0.1, -0.05) is 12.1 Å². The first-order valence-corrected chi connectivity index (χ1v) is 6.35. The average molecular weight is 233 g/mol. The Labute approximate surface area is 104 Å². The number of aryl methyl sites for hydroxylation is 1. The van der Waals surface area contributed by atoms with Crippen LogP contribution in [0.25, 0.3) is 0 Å². The first-order chi connectivity index (χ1) is 7.75. The van der Waals surface area contributed by atoms with Crippen LogP contribution in [-0.2, 0) is 12.8 Å². The molecule has 0 atom stereocenters. The van der Waals surface area contributed by atoms with Gasteiger partial charge in [-0.25, -0.2) is 0 Å². The Hall–Kier alpha value is -1.02. The van der Waals surface area contributed by atoms with E-state index in [2.05, 4.69) is 45.9 Å². The fourth-order valence-corrected chi connectivity index (χ4v) is 2.32. The van der Waals surface area contributed by atoms with Crippen LogP contribution in [0.5, 0.6) is 5.75 Å². The Morgan fingerprint density at radius 3 is 2.71 bits per heavy atom. The molecule has 2 N–H and O–H groups in total. The highest BCUT2D eigenvalue weighted by Gasteiger charge is 2.26. The maximum atomic E-state index is 6.06. The van der Waals surface area contributed by atoms with Crippen molar-refractivity contribution in [1.29, 1.82) is 0 Å². The van der Waals surface area contributed by atoms with Gasteiger partial charge in [0, 0.05) is 5.54 Å². The van der Waals surface area contributed by atoms with Gasteiger partial charge >= 0.3 is 0 Å². The third kappa shape index (κ3) is 3.22. The molecule has 0 fully saturated rings. The van der Waals surface area contributed by atoms with Crippen molar-refractivity contribution in [3.8, 4) is 5.75 Å². The van der Waals surface area contributed by atoms with Crippen molar-refractivity contribution < 1.29 is 4.74 Å². The quantitative estimate of drug-likeness (QED) is 0.852. The van der Waals surface area contributed by atoms with E-state index in [4.69, 9.17) is 10.5 Å². The van der Waals surface area contributed by atoms with Crippen molar-refractivity contribution in [2.75, 3.05) is 0 Å². The standard InChI is InChI=1S/C15H23NO/c1-14(2,16)10-11-5-6-12-7-8-15(3,4)17-13(12)9-11/h5-6,9H,7-8,10,16H2,1-4H3. The van der Waals surface area contributed by atoms with E-state index in [-0.39, 0.29) is 11.1 Å². The predicted molar refractivity (Wildman–Crippen MR) is 71.4 cm³/mol. The highest BCUT2D eigenvalue weighted by Crippen LogP contribution is 2.34. The van der Waals surface area contributed by atoms with E-state index in [1.807, 2.05) is 0 Å². The monoisotopic (exact) mass is 233 g/mol. The van der Waals surface area contributed by atoms with Crippen molar-refractivity contribution in [3.05, 3.63) is 29.3 Å². The zero-order chi connectivity index (χ0) is 12.7. The summed E-state index contributed by atoms with van der Waals surface area (Å²) >= 11 is 0. The van der Waals surface area contributed by atoms with E-state index in [0.717, 1.165) is 25.0 Å². The Morgan fingerprint density at radius 1 is 1.35 bits per heavy atom. The minimum absolute atomic E-state index is 0.0378. The molecule has 0 amide bonds. The molecule has 94 valence electrons. The average Bonchev–Trinajstić information content (AvgIpc) is 2.12. The molecule has 0 aliphatic carbocycles. The normalized spacial score (nSPS) is 18.4. The van der Waals surface area contributed by atoms with E-state index in [0.29, 0.717) is 0 Å². The van der Waals surface area contributed by atoms with E-state index < -0.39 is 0 Å². The largest absolute Gasteiger partial charge is 0.488 e. The number of nitrogens with two attached hydrogens (primary N) is 1. The molecule has 0 unspecified atom stereocenters. The van der Waals surface area contributed by atoms with Crippen LogP contribution in [0.4, 0.5) is 0 Å². The number of rotatable bonds is 2. The number of hydrogen-bond acceptors (Lipinski definition) is 2. The topological polar surface area (TPSA) is 35.2 Å². The lowest BCUT2D eigenvalue weighted by atomic mass is 9.91. The summed E-state index contributed by atoms with van der Waals surface area (Å²) < 4.78 is 6.03. The van der Waals surface area contributed by atoms with Crippen LogP contribution in [0.3, 0.4) is 0 Å². The van der Waals surface area contributed by atoms with Crippen LogP contribution >= 0.6 is 0 Å². The molecule has 0 saturated heterocycles. The van der Waals surface area contributed by atoms with Crippen LogP contribution in [0.15, 0.2) is 18.2 Å². The lowest BCUT2D eigenvalue weighted by Crippen LogP contribution is -2.35. The maximum absolute atomic E-state index is 6.06. The Morgan fingerprint density at radius 2 is 2.06 bits per heavy atom. The molecule has 1 aromatic rings. The van der Waals surface area contributed by atoms with E-state index in [1.165, 1.54) is 11.1 Å². The SMILES string of the molecule is CC(C)(N)Cc1ccc2c(c1)OC(C)(C)CC2. The fraction of sp³-hybridized carbons (Fsp3) is 0.600. The van der Waals surface area contributed by atoms with Gasteiger partial charge < -0.3 is 10.5 Å². The van der Waals surface area contributed by atoms with Crippen LogP contribution in [0, 0.1) is 0 Å². The number of ether oxygens (including phenoxy) is 1. The first-order valence-electron chi connectivity index (χ1n) is 6.35. The molecule has 0 saturated carbocycles. The summed E-state index contributed by atoms with van der Waals surface area (Å²) in [5.74, 6) is 1.04. The van der Waals surface area contributed by atoms with Gasteiger partial charge in [-0.3, -0.25) is 0 Å². The number of hydrogen-bond donors (Lipinski definition) is 1. The molecule has 1 aliphatic heterocycles. The molecule has 0 bridgehead atoms. The first kappa shape index (κ1) is 12.4. The Kier molecular flexibility index (Phi) is 2.94. The van der Waals surface area contributed by atoms with Crippen molar-refractivity contribution in [1.82, 2.24) is 0 Å². The molecule has 1 aromatic carbocycles. The summed E-state index contributed by atoms with van der Waals surface area (Å²) in [6, 6.07) is 6.52. The molecule has 2 heteroatoms.